The first-order valence-electron chi connectivity index (χ1n) is 10.1. The number of aromatic amines is 1. The monoisotopic (exact) mass is 393 g/mol. The average Bonchev–Trinajstić information content (AvgIpc) is 3.25. The number of nitrogens with one attached hydrogen (secondary N) is 2. The molecule has 0 aliphatic carbocycles. The Kier molecular flexibility index (Phi) is 5.24. The van der Waals surface area contributed by atoms with E-state index in [-0.39, 0.29) is 11.7 Å². The van der Waals surface area contributed by atoms with Crippen molar-refractivity contribution in [3.8, 4) is 17.0 Å². The van der Waals surface area contributed by atoms with Crippen LogP contribution in [0.3, 0.4) is 0 Å². The second-order valence-electron chi connectivity index (χ2n) is 7.92. The lowest BCUT2D eigenvalue weighted by atomic mass is 10.0. The molecule has 2 atom stereocenters. The number of likely N-dealkylation sites (tertiary alicyclic amines) is 1. The van der Waals surface area contributed by atoms with Gasteiger partial charge in [0, 0.05) is 24.2 Å². The molecule has 1 aliphatic rings. The molecule has 3 aromatic rings. The summed E-state index contributed by atoms with van der Waals surface area (Å²) in [6, 6.07) is 9.71. The number of phenols is 1. The van der Waals surface area contributed by atoms with Crippen LogP contribution in [0.5, 0.6) is 5.75 Å². The van der Waals surface area contributed by atoms with Crippen LogP contribution < -0.4 is 5.32 Å². The number of nitrogens with zero attached hydrogens (tertiary/aromatic N) is 3. The maximum atomic E-state index is 13.0. The number of pyridine rings is 1. The number of amides is 1. The molecule has 29 heavy (non-hydrogen) atoms. The standard InChI is InChI=1S/C22H27N5O2/c1-13-4-7-16(27(13)3)10-11-23-22(29)18-12-19(15-5-8-17(28)9-6-15)24-21-20(18)14(2)25-26-21/h5-6,8-9,12-13,16,28H,4,7,10-11H2,1-3H3,(H,23,29)(H,24,25,26). The van der Waals surface area contributed by atoms with Gasteiger partial charge in [-0.25, -0.2) is 4.98 Å². The number of benzene rings is 1. The van der Waals surface area contributed by atoms with Gasteiger partial charge < -0.3 is 15.3 Å². The van der Waals surface area contributed by atoms with E-state index in [0.29, 0.717) is 35.5 Å². The molecule has 4 rings (SSSR count). The molecule has 152 valence electrons. The predicted molar refractivity (Wildman–Crippen MR) is 113 cm³/mol. The van der Waals surface area contributed by atoms with E-state index in [2.05, 4.69) is 39.4 Å². The first-order valence-corrected chi connectivity index (χ1v) is 10.1. The van der Waals surface area contributed by atoms with E-state index >= 15 is 0 Å². The molecule has 0 bridgehead atoms. The summed E-state index contributed by atoms with van der Waals surface area (Å²) in [5, 5.41) is 20.5. The fourth-order valence-corrected chi connectivity index (χ4v) is 4.14. The van der Waals surface area contributed by atoms with Crippen molar-refractivity contribution in [2.24, 2.45) is 0 Å². The van der Waals surface area contributed by atoms with Crippen molar-refractivity contribution in [2.45, 2.75) is 45.2 Å². The number of carbonyl (C=O) groups is 1. The molecule has 1 aliphatic heterocycles. The topological polar surface area (TPSA) is 94.1 Å². The fourth-order valence-electron chi connectivity index (χ4n) is 4.14. The van der Waals surface area contributed by atoms with Gasteiger partial charge in [-0.05, 0) is 70.5 Å². The van der Waals surface area contributed by atoms with Crippen molar-refractivity contribution >= 4 is 16.9 Å². The van der Waals surface area contributed by atoms with E-state index in [1.807, 2.05) is 6.92 Å². The van der Waals surface area contributed by atoms with Gasteiger partial charge in [-0.3, -0.25) is 9.89 Å². The molecule has 1 fully saturated rings. The SMILES string of the molecule is Cc1n[nH]c2nc(-c3ccc(O)cc3)cc(C(=O)NCCC3CCC(C)N3C)c12. The number of hydrogen-bond donors (Lipinski definition) is 3. The Labute approximate surface area is 170 Å². The smallest absolute Gasteiger partial charge is 0.252 e. The minimum Gasteiger partial charge on any atom is -0.508 e. The molecular weight excluding hydrogens is 366 g/mol. The van der Waals surface area contributed by atoms with Crippen LogP contribution in [-0.2, 0) is 0 Å². The number of carbonyl (C=O) groups excluding carboxylic acids is 1. The van der Waals surface area contributed by atoms with Crippen molar-refractivity contribution < 1.29 is 9.90 Å². The van der Waals surface area contributed by atoms with E-state index in [1.54, 1.807) is 30.3 Å². The van der Waals surface area contributed by atoms with Crippen LogP contribution in [0.1, 0.15) is 42.2 Å². The summed E-state index contributed by atoms with van der Waals surface area (Å²) in [6.45, 7) is 4.75. The van der Waals surface area contributed by atoms with Gasteiger partial charge in [0.05, 0.1) is 22.3 Å². The summed E-state index contributed by atoms with van der Waals surface area (Å²) in [5.74, 6) is 0.0759. The Balaban J connectivity index is 1.57. The van der Waals surface area contributed by atoms with Gasteiger partial charge in [0.1, 0.15) is 5.75 Å². The molecule has 7 heteroatoms. The molecule has 1 saturated heterocycles. The number of aryl methyl sites for hydroxylation is 1. The van der Waals surface area contributed by atoms with Crippen molar-refractivity contribution in [2.75, 3.05) is 13.6 Å². The Morgan fingerprint density at radius 3 is 2.76 bits per heavy atom. The van der Waals surface area contributed by atoms with Crippen LogP contribution in [0, 0.1) is 6.92 Å². The Morgan fingerprint density at radius 1 is 1.31 bits per heavy atom. The molecule has 0 saturated carbocycles. The highest BCUT2D eigenvalue weighted by Crippen LogP contribution is 2.27. The number of aromatic hydroxyl groups is 1. The largest absolute Gasteiger partial charge is 0.508 e. The molecule has 7 nitrogen and oxygen atoms in total. The highest BCUT2D eigenvalue weighted by Gasteiger charge is 2.27. The molecule has 2 aromatic heterocycles. The minimum atomic E-state index is -0.115. The third-order valence-electron chi connectivity index (χ3n) is 6.07. The van der Waals surface area contributed by atoms with Crippen molar-refractivity contribution in [3.05, 3.63) is 41.6 Å². The first-order chi connectivity index (χ1) is 13.9. The van der Waals surface area contributed by atoms with Gasteiger partial charge in [0.15, 0.2) is 5.65 Å². The second-order valence-corrected chi connectivity index (χ2v) is 7.92. The normalized spacial score (nSPS) is 19.7. The van der Waals surface area contributed by atoms with Crippen LogP contribution in [0.2, 0.25) is 0 Å². The average molecular weight is 393 g/mol. The lowest BCUT2D eigenvalue weighted by Gasteiger charge is -2.23. The molecule has 1 aromatic carbocycles. The van der Waals surface area contributed by atoms with E-state index in [4.69, 9.17) is 0 Å². The van der Waals surface area contributed by atoms with Gasteiger partial charge in [0.25, 0.3) is 5.91 Å². The van der Waals surface area contributed by atoms with E-state index < -0.39 is 0 Å². The summed E-state index contributed by atoms with van der Waals surface area (Å²) in [7, 11) is 2.16. The van der Waals surface area contributed by atoms with Crippen molar-refractivity contribution in [3.63, 3.8) is 0 Å². The summed E-state index contributed by atoms with van der Waals surface area (Å²) in [4.78, 5) is 20.0. The third-order valence-corrected chi connectivity index (χ3v) is 6.07. The Bertz CT molecular complexity index is 1030. The van der Waals surface area contributed by atoms with Gasteiger partial charge in [-0.1, -0.05) is 0 Å². The number of H-pyrrole nitrogens is 1. The van der Waals surface area contributed by atoms with E-state index in [9.17, 15) is 9.90 Å². The number of aromatic nitrogens is 3. The summed E-state index contributed by atoms with van der Waals surface area (Å²) < 4.78 is 0. The summed E-state index contributed by atoms with van der Waals surface area (Å²) in [6.07, 6.45) is 3.33. The zero-order chi connectivity index (χ0) is 20.5. The van der Waals surface area contributed by atoms with Gasteiger partial charge >= 0.3 is 0 Å². The first kappa shape index (κ1) is 19.4. The predicted octanol–water partition coefficient (Wildman–Crippen LogP) is 3.24. The Morgan fingerprint density at radius 2 is 2.07 bits per heavy atom. The maximum absolute atomic E-state index is 13.0. The zero-order valence-electron chi connectivity index (χ0n) is 17.1. The fraction of sp³-hybridized carbons (Fsp3) is 0.409. The molecule has 2 unspecified atom stereocenters. The van der Waals surface area contributed by atoms with Crippen molar-refractivity contribution in [1.29, 1.82) is 0 Å². The van der Waals surface area contributed by atoms with Crippen LogP contribution >= 0.6 is 0 Å². The van der Waals surface area contributed by atoms with Crippen LogP contribution in [-0.4, -0.2) is 56.8 Å². The molecule has 1 amide bonds. The highest BCUT2D eigenvalue weighted by molar-refractivity contribution is 6.07. The van der Waals surface area contributed by atoms with Gasteiger partial charge in [-0.2, -0.15) is 5.10 Å². The number of rotatable bonds is 5. The quantitative estimate of drug-likeness (QED) is 0.619. The zero-order valence-corrected chi connectivity index (χ0v) is 17.1. The lowest BCUT2D eigenvalue weighted by molar-refractivity contribution is 0.0951. The molecule has 0 spiro atoms. The molecule has 3 N–H and O–H groups in total. The van der Waals surface area contributed by atoms with Crippen LogP contribution in [0.25, 0.3) is 22.3 Å². The third kappa shape index (κ3) is 3.82. The number of phenolic OH excluding ortho intramolecular Hbond substituents is 1. The highest BCUT2D eigenvalue weighted by atomic mass is 16.3. The lowest BCUT2D eigenvalue weighted by Crippen LogP contribution is -2.34. The van der Waals surface area contributed by atoms with E-state index in [1.165, 1.54) is 12.8 Å². The van der Waals surface area contributed by atoms with Gasteiger partial charge in [-0.15, -0.1) is 0 Å². The van der Waals surface area contributed by atoms with Crippen LogP contribution in [0.15, 0.2) is 30.3 Å². The van der Waals surface area contributed by atoms with Crippen LogP contribution in [0.4, 0.5) is 0 Å². The number of fused-ring (bicyclic) bond motifs is 1. The second kappa shape index (κ2) is 7.83. The minimum absolute atomic E-state index is 0.115. The maximum Gasteiger partial charge on any atom is 0.252 e. The van der Waals surface area contributed by atoms with Gasteiger partial charge in [0.2, 0.25) is 0 Å². The molecule has 3 heterocycles. The van der Waals surface area contributed by atoms with E-state index in [0.717, 1.165) is 23.1 Å². The molecule has 0 radical (unpaired) electrons. The summed E-state index contributed by atoms with van der Waals surface area (Å²) in [5.41, 5.74) is 3.39. The number of hydrogen-bond acceptors (Lipinski definition) is 5. The van der Waals surface area contributed by atoms with Crippen molar-refractivity contribution in [1.82, 2.24) is 25.4 Å². The summed E-state index contributed by atoms with van der Waals surface area (Å²) >= 11 is 0. The molecular formula is C22H27N5O2. The Hall–Kier alpha value is -2.93.